The monoisotopic (exact) mass is 270 g/mol. The molecule has 0 fully saturated rings. The summed E-state index contributed by atoms with van der Waals surface area (Å²) >= 11 is 0. The van der Waals surface area contributed by atoms with E-state index in [2.05, 4.69) is 34.1 Å². The lowest BCUT2D eigenvalue weighted by atomic mass is 9.88. The summed E-state index contributed by atoms with van der Waals surface area (Å²) in [5.74, 6) is 0.639. The van der Waals surface area contributed by atoms with Gasteiger partial charge in [-0.15, -0.1) is 0 Å². The number of aliphatic hydroxyl groups is 1. The maximum atomic E-state index is 10.6. The number of aromatic nitrogens is 1. The van der Waals surface area contributed by atoms with Crippen LogP contribution in [0.4, 0.5) is 0 Å². The first-order valence-electron chi connectivity index (χ1n) is 7.84. The largest absolute Gasteiger partial charge is 0.373 e. The minimum absolute atomic E-state index is 0.338. The van der Waals surface area contributed by atoms with Crippen molar-refractivity contribution in [2.75, 3.05) is 13.1 Å². The van der Waals surface area contributed by atoms with E-state index in [1.807, 2.05) is 0 Å². The molecule has 2 aliphatic heterocycles. The SMILES string of the molecule is OC1CC2CCCNCCc3c(n1c1ccccc31)C2. The third-order valence-corrected chi connectivity index (χ3v) is 4.97. The van der Waals surface area contributed by atoms with Crippen LogP contribution >= 0.6 is 0 Å². The quantitative estimate of drug-likeness (QED) is 0.772. The molecule has 0 radical (unpaired) electrons. The lowest BCUT2D eigenvalue weighted by molar-refractivity contribution is 0.0589. The van der Waals surface area contributed by atoms with E-state index in [1.165, 1.54) is 35.0 Å². The zero-order valence-electron chi connectivity index (χ0n) is 11.8. The summed E-state index contributed by atoms with van der Waals surface area (Å²) in [6.07, 6.45) is 5.24. The highest BCUT2D eigenvalue weighted by molar-refractivity contribution is 5.86. The molecule has 1 aromatic heterocycles. The summed E-state index contributed by atoms with van der Waals surface area (Å²) in [6.45, 7) is 2.16. The van der Waals surface area contributed by atoms with E-state index in [9.17, 15) is 5.11 Å². The molecule has 0 saturated carbocycles. The van der Waals surface area contributed by atoms with Gasteiger partial charge in [0.05, 0.1) is 5.52 Å². The third kappa shape index (κ3) is 1.88. The van der Waals surface area contributed by atoms with Crippen LogP contribution in [-0.2, 0) is 12.8 Å². The Bertz CT molecular complexity index is 631. The Morgan fingerprint density at radius 1 is 1.20 bits per heavy atom. The fourth-order valence-electron chi connectivity index (χ4n) is 4.06. The third-order valence-electron chi connectivity index (χ3n) is 4.97. The topological polar surface area (TPSA) is 37.2 Å². The number of benzene rings is 1. The van der Waals surface area contributed by atoms with Crippen LogP contribution in [0, 0.1) is 5.92 Å². The van der Waals surface area contributed by atoms with Gasteiger partial charge in [0.25, 0.3) is 0 Å². The van der Waals surface area contributed by atoms with Crippen molar-refractivity contribution in [2.45, 2.75) is 38.3 Å². The van der Waals surface area contributed by atoms with Crippen LogP contribution < -0.4 is 5.32 Å². The van der Waals surface area contributed by atoms with Gasteiger partial charge in [0.15, 0.2) is 0 Å². The van der Waals surface area contributed by atoms with Crippen molar-refractivity contribution in [3.63, 3.8) is 0 Å². The van der Waals surface area contributed by atoms with E-state index < -0.39 is 0 Å². The van der Waals surface area contributed by atoms with Crippen molar-refractivity contribution >= 4 is 10.9 Å². The molecule has 2 N–H and O–H groups in total. The second-order valence-electron chi connectivity index (χ2n) is 6.24. The zero-order valence-corrected chi connectivity index (χ0v) is 11.8. The lowest BCUT2D eigenvalue weighted by Crippen LogP contribution is -2.28. The average Bonchev–Trinajstić information content (AvgIpc) is 2.78. The smallest absolute Gasteiger partial charge is 0.131 e. The molecule has 0 amide bonds. The average molecular weight is 270 g/mol. The summed E-state index contributed by atoms with van der Waals surface area (Å²) in [6, 6.07) is 8.55. The molecule has 2 aromatic rings. The molecule has 106 valence electrons. The van der Waals surface area contributed by atoms with Gasteiger partial charge >= 0.3 is 0 Å². The molecule has 4 rings (SSSR count). The molecule has 3 heteroatoms. The normalized spacial score (nSPS) is 26.6. The van der Waals surface area contributed by atoms with Crippen molar-refractivity contribution in [3.05, 3.63) is 35.5 Å². The van der Waals surface area contributed by atoms with Crippen LogP contribution in [0.2, 0.25) is 0 Å². The molecule has 2 bridgehead atoms. The molecule has 0 saturated heterocycles. The van der Waals surface area contributed by atoms with Gasteiger partial charge in [0.2, 0.25) is 0 Å². The molecule has 20 heavy (non-hydrogen) atoms. The molecule has 2 aliphatic rings. The number of hydrogen-bond donors (Lipinski definition) is 2. The Balaban J connectivity index is 1.93. The van der Waals surface area contributed by atoms with Crippen LogP contribution in [0.1, 0.15) is 36.7 Å². The number of para-hydroxylation sites is 1. The van der Waals surface area contributed by atoms with E-state index in [0.717, 1.165) is 32.4 Å². The number of nitrogens with one attached hydrogen (secondary N) is 1. The van der Waals surface area contributed by atoms with Gasteiger partial charge in [-0.1, -0.05) is 18.2 Å². The van der Waals surface area contributed by atoms with Gasteiger partial charge in [0, 0.05) is 11.1 Å². The minimum Gasteiger partial charge on any atom is -0.373 e. The van der Waals surface area contributed by atoms with Crippen molar-refractivity contribution in [2.24, 2.45) is 5.92 Å². The summed E-state index contributed by atoms with van der Waals surface area (Å²) in [4.78, 5) is 0. The highest BCUT2D eigenvalue weighted by atomic mass is 16.3. The van der Waals surface area contributed by atoms with Crippen LogP contribution in [0.25, 0.3) is 10.9 Å². The predicted octanol–water partition coefficient (Wildman–Crippen LogP) is 2.62. The van der Waals surface area contributed by atoms with Crippen molar-refractivity contribution in [1.82, 2.24) is 9.88 Å². The number of hydrogen-bond acceptors (Lipinski definition) is 2. The first-order chi connectivity index (χ1) is 9.84. The summed E-state index contributed by atoms with van der Waals surface area (Å²) in [7, 11) is 0. The Morgan fingerprint density at radius 2 is 2.10 bits per heavy atom. The number of fused-ring (bicyclic) bond motifs is 4. The van der Waals surface area contributed by atoms with E-state index in [4.69, 9.17) is 0 Å². The van der Waals surface area contributed by atoms with Crippen molar-refractivity contribution in [3.8, 4) is 0 Å². The van der Waals surface area contributed by atoms with Gasteiger partial charge in [0.1, 0.15) is 6.23 Å². The first-order valence-corrected chi connectivity index (χ1v) is 7.84. The molecule has 2 atom stereocenters. The first kappa shape index (κ1) is 12.4. The van der Waals surface area contributed by atoms with Gasteiger partial charge in [-0.05, 0) is 62.7 Å². The molecule has 1 aromatic carbocycles. The molecular weight excluding hydrogens is 248 g/mol. The van der Waals surface area contributed by atoms with Crippen LogP contribution in [-0.4, -0.2) is 22.8 Å². The molecule has 3 nitrogen and oxygen atoms in total. The molecule has 3 heterocycles. The molecule has 0 spiro atoms. The number of aliphatic hydroxyl groups excluding tert-OH is 1. The van der Waals surface area contributed by atoms with Crippen molar-refractivity contribution in [1.29, 1.82) is 0 Å². The van der Waals surface area contributed by atoms with E-state index >= 15 is 0 Å². The fraction of sp³-hybridized carbons (Fsp3) is 0.529. The van der Waals surface area contributed by atoms with Crippen molar-refractivity contribution < 1.29 is 5.11 Å². The lowest BCUT2D eigenvalue weighted by Gasteiger charge is -2.31. The maximum Gasteiger partial charge on any atom is 0.131 e. The van der Waals surface area contributed by atoms with Crippen LogP contribution in [0.5, 0.6) is 0 Å². The summed E-state index contributed by atoms with van der Waals surface area (Å²) in [5.41, 5.74) is 4.06. The fourth-order valence-corrected chi connectivity index (χ4v) is 4.06. The van der Waals surface area contributed by atoms with Gasteiger partial charge in [-0.2, -0.15) is 0 Å². The molecule has 0 aliphatic carbocycles. The van der Waals surface area contributed by atoms with E-state index in [-0.39, 0.29) is 6.23 Å². The van der Waals surface area contributed by atoms with Gasteiger partial charge in [-0.25, -0.2) is 0 Å². The number of nitrogens with zero attached hydrogens (tertiary/aromatic N) is 1. The summed E-state index contributed by atoms with van der Waals surface area (Å²) in [5, 5.41) is 15.5. The van der Waals surface area contributed by atoms with E-state index in [1.54, 1.807) is 0 Å². The Labute approximate surface area is 119 Å². The second-order valence-corrected chi connectivity index (χ2v) is 6.24. The standard InChI is InChI=1S/C17H22N2O/c20-17-11-12-4-3-8-18-9-7-14-13-5-1-2-6-15(13)19(17)16(14)10-12/h1-2,5-6,12,17-18,20H,3-4,7-11H2. The molecular formula is C17H22N2O. The van der Waals surface area contributed by atoms with E-state index in [0.29, 0.717) is 5.92 Å². The molecule has 2 unspecified atom stereocenters. The summed E-state index contributed by atoms with van der Waals surface area (Å²) < 4.78 is 2.20. The Morgan fingerprint density at radius 3 is 3.05 bits per heavy atom. The Hall–Kier alpha value is -1.32. The zero-order chi connectivity index (χ0) is 13.5. The van der Waals surface area contributed by atoms with Gasteiger partial charge in [-0.3, -0.25) is 0 Å². The maximum absolute atomic E-state index is 10.6. The highest BCUT2D eigenvalue weighted by Crippen LogP contribution is 2.38. The van der Waals surface area contributed by atoms with Crippen LogP contribution in [0.15, 0.2) is 24.3 Å². The highest BCUT2D eigenvalue weighted by Gasteiger charge is 2.29. The Kier molecular flexibility index (Phi) is 3.04. The number of rotatable bonds is 0. The van der Waals surface area contributed by atoms with Crippen LogP contribution in [0.3, 0.4) is 0 Å². The predicted molar refractivity (Wildman–Crippen MR) is 80.8 cm³/mol. The minimum atomic E-state index is -0.338. The second kappa shape index (κ2) is 4.90. The van der Waals surface area contributed by atoms with Gasteiger partial charge < -0.3 is 15.0 Å².